The minimum Gasteiger partial charge on any atom is -0.455 e. The Kier molecular flexibility index (Phi) is 4.65. The van der Waals surface area contributed by atoms with Crippen LogP contribution in [-0.4, -0.2) is 40.9 Å². The highest BCUT2D eigenvalue weighted by Gasteiger charge is 2.23. The van der Waals surface area contributed by atoms with Crippen molar-refractivity contribution in [2.45, 2.75) is 12.8 Å². The fourth-order valence-corrected chi connectivity index (χ4v) is 2.94. The average Bonchev–Trinajstić information content (AvgIpc) is 3.35. The first-order valence-electron chi connectivity index (χ1n) is 8.63. The maximum atomic E-state index is 12.2. The van der Waals surface area contributed by atoms with E-state index < -0.39 is 5.97 Å². The van der Waals surface area contributed by atoms with Crippen LogP contribution in [0.3, 0.4) is 0 Å². The van der Waals surface area contributed by atoms with Crippen molar-refractivity contribution in [1.82, 2.24) is 10.2 Å². The summed E-state index contributed by atoms with van der Waals surface area (Å²) in [5.74, 6) is -0.881. The van der Waals surface area contributed by atoms with Crippen LogP contribution in [0.25, 0.3) is 11.0 Å². The van der Waals surface area contributed by atoms with Gasteiger partial charge in [0.15, 0.2) is 12.2 Å². The molecule has 0 N–H and O–H groups in total. The van der Waals surface area contributed by atoms with Crippen molar-refractivity contribution in [3.63, 3.8) is 0 Å². The van der Waals surface area contributed by atoms with Gasteiger partial charge in [-0.3, -0.25) is 9.59 Å². The number of esters is 1. The summed E-state index contributed by atoms with van der Waals surface area (Å²) in [6.45, 7) is 0.134. The number of rotatable bonds is 5. The largest absolute Gasteiger partial charge is 0.455 e. The van der Waals surface area contributed by atoms with E-state index in [4.69, 9.17) is 9.26 Å². The van der Waals surface area contributed by atoms with Gasteiger partial charge in [0.1, 0.15) is 5.69 Å². The number of benzene rings is 2. The molecule has 0 saturated carbocycles. The van der Waals surface area contributed by atoms with Gasteiger partial charge < -0.3 is 9.26 Å². The normalized spacial score (nSPS) is 13.6. The second kappa shape index (κ2) is 7.41. The number of hydrogen-bond donors (Lipinski definition) is 0. The Hall–Kier alpha value is -3.48. The van der Waals surface area contributed by atoms with E-state index in [1.165, 1.54) is 5.01 Å². The van der Waals surface area contributed by atoms with Gasteiger partial charge in [0.05, 0.1) is 18.7 Å². The van der Waals surface area contributed by atoms with Crippen LogP contribution in [0, 0.1) is 0 Å². The third-order valence-electron chi connectivity index (χ3n) is 4.32. The first-order valence-corrected chi connectivity index (χ1v) is 8.63. The molecular formula is C20H17N3O4. The van der Waals surface area contributed by atoms with Gasteiger partial charge in [-0.1, -0.05) is 47.6 Å². The van der Waals surface area contributed by atoms with E-state index in [1.54, 1.807) is 6.07 Å². The maximum Gasteiger partial charge on any atom is 0.312 e. The number of hydrogen-bond acceptors (Lipinski definition) is 6. The van der Waals surface area contributed by atoms with Gasteiger partial charge in [0, 0.05) is 11.8 Å². The molecule has 1 aliphatic heterocycles. The number of para-hydroxylation sites is 1. The molecule has 2 aromatic carbocycles. The number of aromatic nitrogens is 1. The topological polar surface area (TPSA) is 85.0 Å². The van der Waals surface area contributed by atoms with Crippen LogP contribution >= 0.6 is 0 Å². The van der Waals surface area contributed by atoms with Crippen molar-refractivity contribution >= 4 is 28.6 Å². The van der Waals surface area contributed by atoms with Gasteiger partial charge >= 0.3 is 5.97 Å². The molecule has 7 nitrogen and oxygen atoms in total. The summed E-state index contributed by atoms with van der Waals surface area (Å²) in [5, 5.41) is 10.3. The summed E-state index contributed by atoms with van der Waals surface area (Å²) in [6.07, 6.45) is 0.622. The van der Waals surface area contributed by atoms with E-state index in [-0.39, 0.29) is 18.9 Å². The van der Waals surface area contributed by atoms with Crippen LogP contribution in [0.1, 0.15) is 17.7 Å². The minimum atomic E-state index is -0.533. The molecule has 1 aliphatic rings. The van der Waals surface area contributed by atoms with E-state index in [9.17, 15) is 9.59 Å². The molecule has 0 aliphatic carbocycles. The maximum absolute atomic E-state index is 12.2. The van der Waals surface area contributed by atoms with Crippen LogP contribution in [-0.2, 0) is 20.7 Å². The SMILES string of the molecule is O=C(Cc1noc2ccccc12)OCC(=O)N1CCC(c2ccccc2)=N1. The van der Waals surface area contributed by atoms with E-state index >= 15 is 0 Å². The third-order valence-corrected chi connectivity index (χ3v) is 4.32. The molecule has 0 saturated heterocycles. The van der Waals surface area contributed by atoms with Gasteiger partial charge in [-0.15, -0.1) is 0 Å². The average molecular weight is 363 g/mol. The van der Waals surface area contributed by atoms with Crippen LogP contribution in [0.5, 0.6) is 0 Å². The van der Waals surface area contributed by atoms with Gasteiger partial charge in [0.2, 0.25) is 0 Å². The molecule has 0 fully saturated rings. The van der Waals surface area contributed by atoms with Crippen molar-refractivity contribution in [1.29, 1.82) is 0 Å². The lowest BCUT2D eigenvalue weighted by Crippen LogP contribution is -2.29. The zero-order valence-corrected chi connectivity index (χ0v) is 14.5. The molecule has 1 aromatic heterocycles. The lowest BCUT2D eigenvalue weighted by atomic mass is 10.1. The Morgan fingerprint density at radius 2 is 1.85 bits per heavy atom. The Balaban J connectivity index is 1.33. The number of ether oxygens (including phenoxy) is 1. The van der Waals surface area contributed by atoms with Gasteiger partial charge in [-0.2, -0.15) is 5.10 Å². The molecule has 27 heavy (non-hydrogen) atoms. The van der Waals surface area contributed by atoms with E-state index in [1.807, 2.05) is 48.5 Å². The highest BCUT2D eigenvalue weighted by Crippen LogP contribution is 2.18. The Bertz CT molecular complexity index is 1010. The molecule has 0 unspecified atom stereocenters. The Morgan fingerprint density at radius 1 is 1.07 bits per heavy atom. The molecule has 136 valence electrons. The fraction of sp³-hybridized carbons (Fsp3) is 0.200. The lowest BCUT2D eigenvalue weighted by Gasteiger charge is -2.11. The molecule has 4 rings (SSSR count). The number of carbonyl (C=O) groups excluding carboxylic acids is 2. The quantitative estimate of drug-likeness (QED) is 0.651. The van der Waals surface area contributed by atoms with Crippen LogP contribution in [0.4, 0.5) is 0 Å². The fourth-order valence-electron chi connectivity index (χ4n) is 2.94. The molecule has 1 amide bonds. The first kappa shape index (κ1) is 17.0. The Labute approximate surface area is 155 Å². The molecule has 7 heteroatoms. The highest BCUT2D eigenvalue weighted by molar-refractivity contribution is 6.02. The van der Waals surface area contributed by atoms with Crippen molar-refractivity contribution in [3.8, 4) is 0 Å². The zero-order chi connectivity index (χ0) is 18.6. The number of nitrogens with zero attached hydrogens (tertiary/aromatic N) is 3. The number of hydrazone groups is 1. The second-order valence-corrected chi connectivity index (χ2v) is 6.14. The molecule has 0 spiro atoms. The third kappa shape index (κ3) is 3.72. The first-order chi connectivity index (χ1) is 13.2. The summed E-state index contributed by atoms with van der Waals surface area (Å²) >= 11 is 0. The smallest absolute Gasteiger partial charge is 0.312 e. The number of amides is 1. The minimum absolute atomic E-state index is 0.0528. The number of fused-ring (bicyclic) bond motifs is 1. The summed E-state index contributed by atoms with van der Waals surface area (Å²) in [5.41, 5.74) is 2.94. The molecule has 0 atom stereocenters. The van der Waals surface area contributed by atoms with Crippen molar-refractivity contribution < 1.29 is 18.8 Å². The van der Waals surface area contributed by atoms with E-state index in [2.05, 4.69) is 10.3 Å². The summed E-state index contributed by atoms with van der Waals surface area (Å²) in [6, 6.07) is 17.0. The van der Waals surface area contributed by atoms with Crippen molar-refractivity contribution in [2.75, 3.05) is 13.2 Å². The van der Waals surface area contributed by atoms with Crippen molar-refractivity contribution in [3.05, 3.63) is 65.9 Å². The van der Waals surface area contributed by atoms with Crippen LogP contribution in [0.2, 0.25) is 0 Å². The van der Waals surface area contributed by atoms with Gasteiger partial charge in [-0.05, 0) is 17.7 Å². The number of carbonyl (C=O) groups is 2. The molecule has 2 heterocycles. The van der Waals surface area contributed by atoms with E-state index in [0.29, 0.717) is 24.2 Å². The molecule has 0 bridgehead atoms. The lowest BCUT2D eigenvalue weighted by molar-refractivity contribution is -0.151. The molecular weight excluding hydrogens is 346 g/mol. The predicted octanol–water partition coefficient (Wildman–Crippen LogP) is 2.55. The van der Waals surface area contributed by atoms with Gasteiger partial charge in [-0.25, -0.2) is 5.01 Å². The predicted molar refractivity (Wildman–Crippen MR) is 98.0 cm³/mol. The zero-order valence-electron chi connectivity index (χ0n) is 14.5. The summed E-state index contributed by atoms with van der Waals surface area (Å²) in [7, 11) is 0. The second-order valence-electron chi connectivity index (χ2n) is 6.14. The summed E-state index contributed by atoms with van der Waals surface area (Å²) in [4.78, 5) is 24.3. The highest BCUT2D eigenvalue weighted by atomic mass is 16.5. The van der Waals surface area contributed by atoms with Crippen LogP contribution < -0.4 is 0 Å². The standard InChI is InChI=1S/C20H17N3O4/c24-19(23-11-10-16(21-23)14-6-2-1-3-7-14)13-26-20(25)12-17-15-8-4-5-9-18(15)27-22-17/h1-9H,10-13H2. The monoisotopic (exact) mass is 363 g/mol. The Morgan fingerprint density at radius 3 is 2.70 bits per heavy atom. The van der Waals surface area contributed by atoms with E-state index in [0.717, 1.165) is 16.7 Å². The molecule has 3 aromatic rings. The summed E-state index contributed by atoms with van der Waals surface area (Å²) < 4.78 is 10.3. The van der Waals surface area contributed by atoms with Crippen molar-refractivity contribution in [2.24, 2.45) is 5.10 Å². The van der Waals surface area contributed by atoms with Gasteiger partial charge in [0.25, 0.3) is 5.91 Å². The molecule has 0 radical (unpaired) electrons. The van der Waals surface area contributed by atoms with Crippen LogP contribution in [0.15, 0.2) is 64.2 Å².